The van der Waals surface area contributed by atoms with Crippen LogP contribution in [0.2, 0.25) is 0 Å². The predicted molar refractivity (Wildman–Crippen MR) is 116 cm³/mol. The Morgan fingerprint density at radius 3 is 2.41 bits per heavy atom. The number of carbonyl (C=O) groups is 3. The third kappa shape index (κ3) is 4.74. The fraction of sp³-hybridized carbons (Fsp3) is 0.375. The van der Waals surface area contributed by atoms with Crippen molar-refractivity contribution in [1.29, 1.82) is 0 Å². The van der Waals surface area contributed by atoms with E-state index in [9.17, 15) is 19.1 Å². The van der Waals surface area contributed by atoms with Gasteiger partial charge in [-0.25, -0.2) is 4.39 Å². The molecule has 2 saturated heterocycles. The van der Waals surface area contributed by atoms with Crippen LogP contribution in [0.1, 0.15) is 41.6 Å². The van der Waals surface area contributed by atoms with Gasteiger partial charge in [-0.2, -0.15) is 0 Å². The van der Waals surface area contributed by atoms with Crippen molar-refractivity contribution in [3.63, 3.8) is 0 Å². The number of carbonyl (C=O) groups excluding carboxylic acids is 2. The normalized spacial score (nSPS) is 20.1. The Kier molecular flexibility index (Phi) is 7.45. The molecule has 1 spiro atoms. The molecular formula is C24H27FN2O5. The van der Waals surface area contributed by atoms with Crippen LogP contribution in [0.3, 0.4) is 0 Å². The third-order valence-electron chi connectivity index (χ3n) is 6.14. The summed E-state index contributed by atoms with van der Waals surface area (Å²) < 4.78 is 13.4. The van der Waals surface area contributed by atoms with Crippen molar-refractivity contribution in [3.8, 4) is 5.75 Å². The molecule has 0 aromatic heterocycles. The molecule has 2 N–H and O–H groups in total. The molecule has 170 valence electrons. The molecular weight excluding hydrogens is 415 g/mol. The van der Waals surface area contributed by atoms with Gasteiger partial charge in [-0.15, -0.1) is 0 Å². The summed E-state index contributed by atoms with van der Waals surface area (Å²) in [5, 5.41) is 16.5. The van der Waals surface area contributed by atoms with Crippen LogP contribution in [-0.4, -0.2) is 63.5 Å². The van der Waals surface area contributed by atoms with Gasteiger partial charge < -0.3 is 20.0 Å². The van der Waals surface area contributed by atoms with Gasteiger partial charge in [0.15, 0.2) is 11.6 Å². The van der Waals surface area contributed by atoms with Crippen LogP contribution in [0.15, 0.2) is 48.5 Å². The average Bonchev–Trinajstić information content (AvgIpc) is 3.22. The lowest BCUT2D eigenvalue weighted by molar-refractivity contribution is -0.145. The van der Waals surface area contributed by atoms with Gasteiger partial charge in [0.1, 0.15) is 5.54 Å². The number of phenolic OH excluding ortho intramolecular Hbond substituents is 1. The van der Waals surface area contributed by atoms with E-state index in [-0.39, 0.29) is 23.9 Å². The van der Waals surface area contributed by atoms with Crippen LogP contribution in [0.5, 0.6) is 5.75 Å². The highest BCUT2D eigenvalue weighted by Gasteiger charge is 2.52. The lowest BCUT2D eigenvalue weighted by atomic mass is 9.84. The number of rotatable bonds is 4. The standard InChI is InChI=1S/C23H25FN2O3.CH2O2/c24-19-9-8-18(16-20(19)27)21(28)26-14-5-12-23(26)11-4-13-25(22(23)29)15-10-17-6-2-1-3-7-17;2-1-3/h1-3,6-9,16,27H,4-5,10-15H2;1H,(H,2,3). The summed E-state index contributed by atoms with van der Waals surface area (Å²) in [5.41, 5.74) is 0.566. The maximum Gasteiger partial charge on any atom is 0.290 e. The predicted octanol–water partition coefficient (Wildman–Crippen LogP) is 3.07. The number of piperidine rings is 1. The van der Waals surface area contributed by atoms with E-state index in [0.29, 0.717) is 32.5 Å². The molecule has 0 bridgehead atoms. The van der Waals surface area contributed by atoms with Crippen molar-refractivity contribution in [2.24, 2.45) is 0 Å². The Labute approximate surface area is 186 Å². The maximum absolute atomic E-state index is 13.5. The van der Waals surface area contributed by atoms with Crippen molar-refractivity contribution in [1.82, 2.24) is 9.80 Å². The Bertz CT molecular complexity index is 968. The van der Waals surface area contributed by atoms with Crippen LogP contribution in [-0.2, 0) is 16.0 Å². The highest BCUT2D eigenvalue weighted by atomic mass is 19.1. The van der Waals surface area contributed by atoms with Gasteiger partial charge >= 0.3 is 0 Å². The second kappa shape index (κ2) is 10.3. The molecule has 2 heterocycles. The molecule has 2 aliphatic heterocycles. The van der Waals surface area contributed by atoms with Crippen LogP contribution in [0.25, 0.3) is 0 Å². The molecule has 2 fully saturated rings. The first-order chi connectivity index (χ1) is 15.4. The van der Waals surface area contributed by atoms with E-state index in [1.165, 1.54) is 11.6 Å². The average molecular weight is 442 g/mol. The minimum absolute atomic E-state index is 0.0110. The summed E-state index contributed by atoms with van der Waals surface area (Å²) in [6.45, 7) is 1.58. The lowest BCUT2D eigenvalue weighted by Crippen LogP contribution is -2.61. The number of nitrogens with zero attached hydrogens (tertiary/aromatic N) is 2. The molecule has 1 unspecified atom stereocenters. The third-order valence-corrected chi connectivity index (χ3v) is 6.14. The molecule has 7 nitrogen and oxygen atoms in total. The van der Waals surface area contributed by atoms with Gasteiger partial charge in [-0.3, -0.25) is 14.4 Å². The largest absolute Gasteiger partial charge is 0.505 e. The molecule has 2 aromatic rings. The summed E-state index contributed by atoms with van der Waals surface area (Å²) in [5.74, 6) is -1.63. The summed E-state index contributed by atoms with van der Waals surface area (Å²) in [6, 6.07) is 13.6. The molecule has 8 heteroatoms. The van der Waals surface area contributed by atoms with E-state index in [1.807, 2.05) is 23.1 Å². The molecule has 0 aliphatic carbocycles. The highest BCUT2D eigenvalue weighted by Crippen LogP contribution is 2.39. The zero-order valence-electron chi connectivity index (χ0n) is 17.7. The highest BCUT2D eigenvalue weighted by molar-refractivity contribution is 6.00. The number of likely N-dealkylation sites (tertiary alicyclic amines) is 2. The van der Waals surface area contributed by atoms with E-state index in [2.05, 4.69) is 12.1 Å². The lowest BCUT2D eigenvalue weighted by Gasteiger charge is -2.44. The Morgan fingerprint density at radius 1 is 1.09 bits per heavy atom. The van der Waals surface area contributed by atoms with E-state index in [1.54, 1.807) is 4.90 Å². The van der Waals surface area contributed by atoms with E-state index >= 15 is 0 Å². The van der Waals surface area contributed by atoms with Gasteiger partial charge in [0.05, 0.1) is 0 Å². The van der Waals surface area contributed by atoms with E-state index in [4.69, 9.17) is 9.90 Å². The first kappa shape index (κ1) is 23.2. The minimum atomic E-state index is -0.823. The monoisotopic (exact) mass is 442 g/mol. The maximum atomic E-state index is 13.5. The minimum Gasteiger partial charge on any atom is -0.505 e. The summed E-state index contributed by atoms with van der Waals surface area (Å²) in [4.78, 5) is 38.5. The van der Waals surface area contributed by atoms with Gasteiger partial charge in [-0.05, 0) is 55.9 Å². The molecule has 32 heavy (non-hydrogen) atoms. The second-order valence-corrected chi connectivity index (χ2v) is 7.99. The number of phenols is 1. The number of hydrogen-bond donors (Lipinski definition) is 2. The molecule has 2 aromatic carbocycles. The van der Waals surface area contributed by atoms with Crippen molar-refractivity contribution in [2.75, 3.05) is 19.6 Å². The molecule has 2 amide bonds. The molecule has 2 aliphatic rings. The fourth-order valence-corrected chi connectivity index (χ4v) is 4.65. The Hall–Kier alpha value is -3.42. The Morgan fingerprint density at radius 2 is 1.75 bits per heavy atom. The second-order valence-electron chi connectivity index (χ2n) is 7.99. The van der Waals surface area contributed by atoms with Crippen LogP contribution in [0, 0.1) is 5.82 Å². The van der Waals surface area contributed by atoms with Crippen LogP contribution < -0.4 is 0 Å². The van der Waals surface area contributed by atoms with Crippen molar-refractivity contribution in [3.05, 3.63) is 65.5 Å². The van der Waals surface area contributed by atoms with E-state index < -0.39 is 17.1 Å². The van der Waals surface area contributed by atoms with Crippen LogP contribution in [0.4, 0.5) is 4.39 Å². The number of aromatic hydroxyl groups is 1. The SMILES string of the molecule is O=C(c1ccc(F)c(O)c1)N1CCCC12CCCN(CCc1ccccc1)C2=O.O=CO. The summed E-state index contributed by atoms with van der Waals surface area (Å²) in [6.07, 6.45) is 3.68. The van der Waals surface area contributed by atoms with Crippen molar-refractivity contribution in [2.45, 2.75) is 37.6 Å². The Balaban J connectivity index is 0.000000913. The quantitative estimate of drug-likeness (QED) is 0.710. The van der Waals surface area contributed by atoms with Gasteiger partial charge in [-0.1, -0.05) is 30.3 Å². The topological polar surface area (TPSA) is 98.2 Å². The van der Waals surface area contributed by atoms with E-state index in [0.717, 1.165) is 31.4 Å². The smallest absolute Gasteiger partial charge is 0.290 e. The molecule has 0 radical (unpaired) electrons. The summed E-state index contributed by atoms with van der Waals surface area (Å²) in [7, 11) is 0. The number of carboxylic acid groups (broad SMARTS) is 1. The zero-order chi connectivity index (χ0) is 23.1. The molecule has 1 atom stereocenters. The molecule has 4 rings (SSSR count). The molecule has 0 saturated carbocycles. The summed E-state index contributed by atoms with van der Waals surface area (Å²) >= 11 is 0. The number of amides is 2. The first-order valence-corrected chi connectivity index (χ1v) is 10.6. The van der Waals surface area contributed by atoms with Crippen LogP contribution >= 0.6 is 0 Å². The van der Waals surface area contributed by atoms with Crippen molar-refractivity contribution < 1.29 is 29.0 Å². The fourth-order valence-electron chi connectivity index (χ4n) is 4.65. The number of halogens is 1. The van der Waals surface area contributed by atoms with Gasteiger partial charge in [0, 0.05) is 25.2 Å². The zero-order valence-corrected chi connectivity index (χ0v) is 17.7. The number of benzene rings is 2. The van der Waals surface area contributed by atoms with Gasteiger partial charge in [0.25, 0.3) is 12.4 Å². The van der Waals surface area contributed by atoms with Gasteiger partial charge in [0.2, 0.25) is 5.91 Å². The first-order valence-electron chi connectivity index (χ1n) is 10.6. The van der Waals surface area contributed by atoms with Crippen molar-refractivity contribution >= 4 is 18.3 Å². The number of hydrogen-bond acceptors (Lipinski definition) is 4.